The molecular weight excluding hydrogens is 170 g/mol. The minimum atomic E-state index is 0.798. The van der Waals surface area contributed by atoms with Crippen molar-refractivity contribution in [2.24, 2.45) is 5.73 Å². The maximum atomic E-state index is 6.04. The topological polar surface area (TPSA) is 26.0 Å². The predicted octanol–water partition coefficient (Wildman–Crippen LogP) is 3.71. The summed E-state index contributed by atoms with van der Waals surface area (Å²) < 4.78 is 0. The fraction of sp³-hybridized carbons (Fsp3) is 0.385. The van der Waals surface area contributed by atoms with E-state index in [2.05, 4.69) is 26.2 Å². The molecule has 0 amide bonds. The van der Waals surface area contributed by atoms with Crippen molar-refractivity contribution in [2.75, 3.05) is 0 Å². The van der Waals surface area contributed by atoms with Crippen molar-refractivity contribution in [3.05, 3.63) is 47.2 Å². The molecule has 0 atom stereocenters. The Bertz CT molecular complexity index is 303. The molecule has 0 rings (SSSR count). The molecule has 0 spiro atoms. The Balaban J connectivity index is 5.25. The monoisotopic (exact) mass is 191 g/mol. The lowest BCUT2D eigenvalue weighted by Crippen LogP contribution is -2.06. The van der Waals surface area contributed by atoms with Crippen LogP contribution in [0.2, 0.25) is 0 Å². The zero-order valence-electron chi connectivity index (χ0n) is 9.78. The van der Waals surface area contributed by atoms with Crippen LogP contribution in [0.5, 0.6) is 0 Å². The molecule has 1 nitrogen and oxygen atoms in total. The first kappa shape index (κ1) is 12.8. The van der Waals surface area contributed by atoms with E-state index in [4.69, 9.17) is 5.73 Å². The van der Waals surface area contributed by atoms with Crippen LogP contribution >= 0.6 is 0 Å². The SMILES string of the molecule is C=C(C)/C(C)=C(N)/C(=C/CC)C(=C)C. The maximum absolute atomic E-state index is 6.04. The summed E-state index contributed by atoms with van der Waals surface area (Å²) in [5, 5.41) is 0. The molecule has 0 aromatic heterocycles. The van der Waals surface area contributed by atoms with E-state index in [1.54, 1.807) is 0 Å². The third kappa shape index (κ3) is 3.25. The van der Waals surface area contributed by atoms with Gasteiger partial charge in [0.2, 0.25) is 0 Å². The Morgan fingerprint density at radius 2 is 1.64 bits per heavy atom. The Morgan fingerprint density at radius 3 is 1.93 bits per heavy atom. The highest BCUT2D eigenvalue weighted by molar-refractivity contribution is 5.48. The number of hydrogen-bond acceptors (Lipinski definition) is 1. The summed E-state index contributed by atoms with van der Waals surface area (Å²) in [5.74, 6) is 0. The van der Waals surface area contributed by atoms with E-state index in [0.29, 0.717) is 0 Å². The predicted molar refractivity (Wildman–Crippen MR) is 64.9 cm³/mol. The molecule has 0 saturated carbocycles. The second kappa shape index (κ2) is 5.48. The van der Waals surface area contributed by atoms with E-state index in [1.165, 1.54) is 0 Å². The van der Waals surface area contributed by atoms with Crippen LogP contribution in [0, 0.1) is 0 Å². The van der Waals surface area contributed by atoms with Crippen LogP contribution < -0.4 is 5.73 Å². The van der Waals surface area contributed by atoms with E-state index in [9.17, 15) is 0 Å². The van der Waals surface area contributed by atoms with Gasteiger partial charge in [-0.2, -0.15) is 0 Å². The normalized spacial score (nSPS) is 13.6. The van der Waals surface area contributed by atoms with Crippen LogP contribution in [-0.2, 0) is 0 Å². The first-order valence-corrected chi connectivity index (χ1v) is 4.90. The quantitative estimate of drug-likeness (QED) is 0.673. The summed E-state index contributed by atoms with van der Waals surface area (Å²) in [4.78, 5) is 0. The lowest BCUT2D eigenvalue weighted by atomic mass is 9.98. The molecule has 14 heavy (non-hydrogen) atoms. The summed E-state index contributed by atoms with van der Waals surface area (Å²) in [7, 11) is 0. The Hall–Kier alpha value is -1.24. The smallest absolute Gasteiger partial charge is 0.0419 e. The van der Waals surface area contributed by atoms with Crippen LogP contribution in [0.3, 0.4) is 0 Å². The molecule has 0 heterocycles. The first-order chi connectivity index (χ1) is 6.41. The van der Waals surface area contributed by atoms with Gasteiger partial charge in [-0.1, -0.05) is 31.7 Å². The van der Waals surface area contributed by atoms with Crippen LogP contribution in [0.4, 0.5) is 0 Å². The number of hydrogen-bond donors (Lipinski definition) is 1. The third-order valence-electron chi connectivity index (χ3n) is 2.20. The number of rotatable bonds is 4. The van der Waals surface area contributed by atoms with Gasteiger partial charge in [-0.15, -0.1) is 0 Å². The van der Waals surface area contributed by atoms with Gasteiger partial charge in [0.1, 0.15) is 0 Å². The van der Waals surface area contributed by atoms with Gasteiger partial charge >= 0.3 is 0 Å². The van der Waals surface area contributed by atoms with Crippen LogP contribution in [0.1, 0.15) is 34.1 Å². The van der Waals surface area contributed by atoms with Gasteiger partial charge in [0.25, 0.3) is 0 Å². The summed E-state index contributed by atoms with van der Waals surface area (Å²) in [6.07, 6.45) is 3.07. The lowest BCUT2D eigenvalue weighted by Gasteiger charge is -2.11. The Kier molecular flexibility index (Phi) is 5.00. The van der Waals surface area contributed by atoms with Gasteiger partial charge in [0.15, 0.2) is 0 Å². The highest BCUT2D eigenvalue weighted by atomic mass is 14.6. The molecule has 0 fully saturated rings. The number of allylic oxidation sites excluding steroid dienone is 4. The van der Waals surface area contributed by atoms with Crippen LogP contribution in [0.15, 0.2) is 47.2 Å². The van der Waals surface area contributed by atoms with Gasteiger partial charge < -0.3 is 5.73 Å². The van der Waals surface area contributed by atoms with Gasteiger partial charge in [0, 0.05) is 5.70 Å². The van der Waals surface area contributed by atoms with Gasteiger partial charge in [-0.3, -0.25) is 0 Å². The molecule has 2 N–H and O–H groups in total. The van der Waals surface area contributed by atoms with Gasteiger partial charge in [-0.05, 0) is 43.9 Å². The standard InChI is InChI=1S/C13H21N/c1-7-8-12(10(4)5)13(14)11(6)9(2)3/h8H,2,4,7,14H2,1,3,5-6H3/b12-8+,13-11-. The largest absolute Gasteiger partial charge is 0.398 e. The summed E-state index contributed by atoms with van der Waals surface area (Å²) in [5.41, 5.74) is 10.9. The fourth-order valence-electron chi connectivity index (χ4n) is 1.15. The molecular formula is C13H21N. The molecule has 0 unspecified atom stereocenters. The van der Waals surface area contributed by atoms with Crippen molar-refractivity contribution in [1.29, 1.82) is 0 Å². The fourth-order valence-corrected chi connectivity index (χ4v) is 1.15. The summed E-state index contributed by atoms with van der Waals surface area (Å²) >= 11 is 0. The highest BCUT2D eigenvalue weighted by Crippen LogP contribution is 2.20. The minimum absolute atomic E-state index is 0.798. The van der Waals surface area contributed by atoms with Crippen molar-refractivity contribution in [3.8, 4) is 0 Å². The molecule has 0 radical (unpaired) electrons. The minimum Gasteiger partial charge on any atom is -0.398 e. The van der Waals surface area contributed by atoms with Gasteiger partial charge in [0.05, 0.1) is 0 Å². The first-order valence-electron chi connectivity index (χ1n) is 4.90. The molecule has 0 bridgehead atoms. The lowest BCUT2D eigenvalue weighted by molar-refractivity contribution is 1.14. The average Bonchev–Trinajstić information content (AvgIpc) is 2.11. The maximum Gasteiger partial charge on any atom is 0.0419 e. The summed E-state index contributed by atoms with van der Waals surface area (Å²) in [6, 6.07) is 0. The molecule has 0 aliphatic carbocycles. The van der Waals surface area contributed by atoms with Crippen molar-refractivity contribution >= 4 is 0 Å². The van der Waals surface area contributed by atoms with E-state index in [-0.39, 0.29) is 0 Å². The molecule has 0 aromatic carbocycles. The average molecular weight is 191 g/mol. The highest BCUT2D eigenvalue weighted by Gasteiger charge is 2.05. The zero-order valence-corrected chi connectivity index (χ0v) is 9.78. The zero-order chi connectivity index (χ0) is 11.3. The second-order valence-electron chi connectivity index (χ2n) is 3.63. The van der Waals surface area contributed by atoms with Crippen molar-refractivity contribution in [3.63, 3.8) is 0 Å². The second-order valence-corrected chi connectivity index (χ2v) is 3.63. The molecule has 78 valence electrons. The molecule has 1 heteroatoms. The van der Waals surface area contributed by atoms with Crippen molar-refractivity contribution in [2.45, 2.75) is 34.1 Å². The van der Waals surface area contributed by atoms with Crippen LogP contribution in [-0.4, -0.2) is 0 Å². The number of nitrogens with two attached hydrogens (primary N) is 1. The van der Waals surface area contributed by atoms with E-state index >= 15 is 0 Å². The summed E-state index contributed by atoms with van der Waals surface area (Å²) in [6.45, 7) is 15.8. The van der Waals surface area contributed by atoms with Crippen molar-refractivity contribution < 1.29 is 0 Å². The van der Waals surface area contributed by atoms with E-state index in [0.717, 1.165) is 34.4 Å². The van der Waals surface area contributed by atoms with E-state index in [1.807, 2.05) is 20.8 Å². The van der Waals surface area contributed by atoms with Gasteiger partial charge in [-0.25, -0.2) is 0 Å². The Morgan fingerprint density at radius 1 is 1.14 bits per heavy atom. The van der Waals surface area contributed by atoms with Crippen molar-refractivity contribution in [1.82, 2.24) is 0 Å². The molecule has 0 aliphatic heterocycles. The van der Waals surface area contributed by atoms with Crippen LogP contribution in [0.25, 0.3) is 0 Å². The Labute approximate surface area is 87.7 Å². The molecule has 0 saturated heterocycles. The van der Waals surface area contributed by atoms with E-state index < -0.39 is 0 Å². The molecule has 0 aromatic rings. The molecule has 0 aliphatic rings. The third-order valence-corrected chi connectivity index (χ3v) is 2.20.